The average molecular weight is 391 g/mol. The van der Waals surface area contributed by atoms with Gasteiger partial charge in [0.2, 0.25) is 15.9 Å². The van der Waals surface area contributed by atoms with Crippen molar-refractivity contribution >= 4 is 38.9 Å². The Morgan fingerprint density at radius 2 is 2.12 bits per heavy atom. The fourth-order valence-corrected chi connectivity index (χ4v) is 4.29. The van der Waals surface area contributed by atoms with E-state index in [0.717, 1.165) is 27.4 Å². The first-order valence-corrected chi connectivity index (χ1v) is 9.78. The first-order chi connectivity index (χ1) is 11.3. The van der Waals surface area contributed by atoms with Gasteiger partial charge in [-0.05, 0) is 29.6 Å². The maximum atomic E-state index is 13.2. The number of likely N-dealkylation sites (N-methyl/N-ethyl adjacent to an activating group) is 1. The van der Waals surface area contributed by atoms with Crippen molar-refractivity contribution in [2.45, 2.75) is 18.4 Å². The minimum absolute atomic E-state index is 0.101. The number of rotatable bonds is 7. The van der Waals surface area contributed by atoms with Crippen molar-refractivity contribution in [3.8, 4) is 0 Å². The van der Waals surface area contributed by atoms with Crippen LogP contribution in [0.1, 0.15) is 11.8 Å². The number of amides is 1. The standard InChI is InChI=1S/C15H16ClFN2O3S2/c1-2-19(10-15(20)18-9-11-4-3-7-23-11)24(21,22)12-5-6-14(17)13(16)8-12/h3-8H,2,9-10H2,1H3,(H,18,20). The molecule has 0 spiro atoms. The van der Waals surface area contributed by atoms with Gasteiger partial charge in [-0.3, -0.25) is 4.79 Å². The molecule has 0 aliphatic rings. The lowest BCUT2D eigenvalue weighted by molar-refractivity contribution is -0.121. The van der Waals surface area contributed by atoms with Crippen molar-refractivity contribution < 1.29 is 17.6 Å². The SMILES string of the molecule is CCN(CC(=O)NCc1cccs1)S(=O)(=O)c1ccc(F)c(Cl)c1. The highest BCUT2D eigenvalue weighted by molar-refractivity contribution is 7.89. The number of carbonyl (C=O) groups is 1. The molecule has 0 saturated carbocycles. The third kappa shape index (κ3) is 4.54. The summed E-state index contributed by atoms with van der Waals surface area (Å²) < 4.78 is 39.4. The van der Waals surface area contributed by atoms with E-state index in [-0.39, 0.29) is 23.0 Å². The van der Waals surface area contributed by atoms with Crippen LogP contribution in [0, 0.1) is 5.82 Å². The Morgan fingerprint density at radius 3 is 2.71 bits per heavy atom. The molecule has 0 bridgehead atoms. The number of hydrogen-bond acceptors (Lipinski definition) is 4. The van der Waals surface area contributed by atoms with E-state index in [4.69, 9.17) is 11.6 Å². The summed E-state index contributed by atoms with van der Waals surface area (Å²) in [5.74, 6) is -1.12. The second kappa shape index (κ2) is 8.06. The van der Waals surface area contributed by atoms with Gasteiger partial charge in [0, 0.05) is 11.4 Å². The van der Waals surface area contributed by atoms with Crippen LogP contribution in [0.15, 0.2) is 40.6 Å². The predicted molar refractivity (Wildman–Crippen MR) is 92.0 cm³/mol. The molecular formula is C15H16ClFN2O3S2. The van der Waals surface area contributed by atoms with Crippen LogP contribution >= 0.6 is 22.9 Å². The Kier molecular flexibility index (Phi) is 6.34. The van der Waals surface area contributed by atoms with Crippen LogP contribution in [0.2, 0.25) is 5.02 Å². The molecule has 2 rings (SSSR count). The van der Waals surface area contributed by atoms with Gasteiger partial charge in [0.15, 0.2) is 0 Å². The molecule has 0 fully saturated rings. The summed E-state index contributed by atoms with van der Waals surface area (Å²) in [4.78, 5) is 12.8. The van der Waals surface area contributed by atoms with E-state index in [1.54, 1.807) is 6.92 Å². The Labute approximate surface area is 149 Å². The van der Waals surface area contributed by atoms with Gasteiger partial charge < -0.3 is 5.32 Å². The van der Waals surface area contributed by atoms with Gasteiger partial charge in [0.1, 0.15) is 5.82 Å². The Balaban J connectivity index is 2.08. The molecular weight excluding hydrogens is 375 g/mol. The smallest absolute Gasteiger partial charge is 0.243 e. The highest BCUT2D eigenvalue weighted by Gasteiger charge is 2.26. The van der Waals surface area contributed by atoms with Gasteiger partial charge in [0.05, 0.1) is 23.0 Å². The first kappa shape index (κ1) is 18.9. The summed E-state index contributed by atoms with van der Waals surface area (Å²) in [6.45, 7) is 1.74. The Bertz CT molecular complexity index is 810. The predicted octanol–water partition coefficient (Wildman–Crippen LogP) is 2.87. The molecule has 0 aliphatic heterocycles. The van der Waals surface area contributed by atoms with Crippen molar-refractivity contribution in [2.24, 2.45) is 0 Å². The third-order valence-corrected chi connectivity index (χ3v) is 6.32. The van der Waals surface area contributed by atoms with Crippen LogP contribution in [0.3, 0.4) is 0 Å². The molecule has 1 aromatic heterocycles. The normalized spacial score (nSPS) is 11.7. The topological polar surface area (TPSA) is 66.5 Å². The summed E-state index contributed by atoms with van der Waals surface area (Å²) in [7, 11) is -3.93. The molecule has 9 heteroatoms. The lowest BCUT2D eigenvalue weighted by Gasteiger charge is -2.20. The zero-order valence-corrected chi connectivity index (χ0v) is 15.2. The third-order valence-electron chi connectivity index (χ3n) is 3.24. The summed E-state index contributed by atoms with van der Waals surface area (Å²) in [5.41, 5.74) is 0. The fraction of sp³-hybridized carbons (Fsp3) is 0.267. The van der Waals surface area contributed by atoms with E-state index in [2.05, 4.69) is 5.32 Å². The molecule has 130 valence electrons. The molecule has 0 radical (unpaired) electrons. The Morgan fingerprint density at radius 1 is 1.38 bits per heavy atom. The molecule has 1 aromatic carbocycles. The highest BCUT2D eigenvalue weighted by atomic mass is 35.5. The molecule has 0 saturated heterocycles. The van der Waals surface area contributed by atoms with E-state index in [9.17, 15) is 17.6 Å². The minimum Gasteiger partial charge on any atom is -0.350 e. The average Bonchev–Trinajstić information content (AvgIpc) is 3.06. The fourth-order valence-electron chi connectivity index (χ4n) is 1.97. The van der Waals surface area contributed by atoms with Crippen LogP contribution in [0.5, 0.6) is 0 Å². The van der Waals surface area contributed by atoms with Crippen molar-refractivity contribution in [3.05, 3.63) is 51.4 Å². The van der Waals surface area contributed by atoms with Crippen LogP contribution in [0.4, 0.5) is 4.39 Å². The van der Waals surface area contributed by atoms with Gasteiger partial charge in [0.25, 0.3) is 0 Å². The maximum Gasteiger partial charge on any atom is 0.243 e. The number of benzene rings is 1. The van der Waals surface area contributed by atoms with E-state index in [1.165, 1.54) is 11.3 Å². The van der Waals surface area contributed by atoms with E-state index in [1.807, 2.05) is 17.5 Å². The second-order valence-electron chi connectivity index (χ2n) is 4.86. The van der Waals surface area contributed by atoms with Crippen LogP contribution < -0.4 is 5.32 Å². The zero-order chi connectivity index (χ0) is 17.7. The highest BCUT2D eigenvalue weighted by Crippen LogP contribution is 2.22. The minimum atomic E-state index is -3.93. The van der Waals surface area contributed by atoms with Gasteiger partial charge in [-0.1, -0.05) is 24.6 Å². The number of hydrogen-bond donors (Lipinski definition) is 1. The first-order valence-electron chi connectivity index (χ1n) is 7.09. The number of halogens is 2. The summed E-state index contributed by atoms with van der Waals surface area (Å²) in [6.07, 6.45) is 0. The van der Waals surface area contributed by atoms with Crippen LogP contribution in [-0.2, 0) is 21.4 Å². The van der Waals surface area contributed by atoms with Crippen LogP contribution in [-0.4, -0.2) is 31.7 Å². The van der Waals surface area contributed by atoms with Crippen molar-refractivity contribution in [3.63, 3.8) is 0 Å². The summed E-state index contributed by atoms with van der Waals surface area (Å²) >= 11 is 7.14. The molecule has 0 aliphatic carbocycles. The summed E-state index contributed by atoms with van der Waals surface area (Å²) in [5, 5.41) is 4.28. The maximum absolute atomic E-state index is 13.2. The lowest BCUT2D eigenvalue weighted by atomic mass is 10.3. The van der Waals surface area contributed by atoms with Gasteiger partial charge in [-0.25, -0.2) is 12.8 Å². The van der Waals surface area contributed by atoms with Gasteiger partial charge in [-0.15, -0.1) is 11.3 Å². The number of thiophene rings is 1. The molecule has 24 heavy (non-hydrogen) atoms. The largest absolute Gasteiger partial charge is 0.350 e. The van der Waals surface area contributed by atoms with E-state index >= 15 is 0 Å². The van der Waals surface area contributed by atoms with Crippen molar-refractivity contribution in [2.75, 3.05) is 13.1 Å². The zero-order valence-electron chi connectivity index (χ0n) is 12.8. The van der Waals surface area contributed by atoms with Crippen molar-refractivity contribution in [1.82, 2.24) is 9.62 Å². The molecule has 1 N–H and O–H groups in total. The van der Waals surface area contributed by atoms with Crippen LogP contribution in [0.25, 0.3) is 0 Å². The second-order valence-corrected chi connectivity index (χ2v) is 8.24. The Hall–Kier alpha value is -1.48. The molecule has 2 aromatic rings. The molecule has 1 amide bonds. The number of carbonyl (C=O) groups excluding carboxylic acids is 1. The van der Waals surface area contributed by atoms with E-state index < -0.39 is 21.7 Å². The van der Waals surface area contributed by atoms with Crippen molar-refractivity contribution in [1.29, 1.82) is 0 Å². The van der Waals surface area contributed by atoms with Gasteiger partial charge >= 0.3 is 0 Å². The molecule has 0 unspecified atom stereocenters. The molecule has 0 atom stereocenters. The lowest BCUT2D eigenvalue weighted by Crippen LogP contribution is -2.40. The monoisotopic (exact) mass is 390 g/mol. The quantitative estimate of drug-likeness (QED) is 0.790. The molecule has 5 nitrogen and oxygen atoms in total. The van der Waals surface area contributed by atoms with E-state index in [0.29, 0.717) is 6.54 Å². The number of nitrogens with one attached hydrogen (secondary N) is 1. The summed E-state index contributed by atoms with van der Waals surface area (Å²) in [6, 6.07) is 6.90. The van der Waals surface area contributed by atoms with Gasteiger partial charge in [-0.2, -0.15) is 4.31 Å². The number of sulfonamides is 1. The number of nitrogens with zero attached hydrogens (tertiary/aromatic N) is 1. The molecule has 1 heterocycles.